The van der Waals surface area contributed by atoms with Crippen LogP contribution in [0.25, 0.3) is 0 Å². The van der Waals surface area contributed by atoms with E-state index in [0.717, 1.165) is 25.5 Å². The van der Waals surface area contributed by atoms with Crippen molar-refractivity contribution in [3.8, 4) is 0 Å². The smallest absolute Gasteiger partial charge is 0.191 e. The van der Waals surface area contributed by atoms with E-state index >= 15 is 0 Å². The van der Waals surface area contributed by atoms with Gasteiger partial charge >= 0.3 is 0 Å². The average molecular weight is 513 g/mol. The fourth-order valence-electron chi connectivity index (χ4n) is 3.23. The predicted molar refractivity (Wildman–Crippen MR) is 125 cm³/mol. The van der Waals surface area contributed by atoms with Gasteiger partial charge in [0.25, 0.3) is 0 Å². The van der Waals surface area contributed by atoms with Gasteiger partial charge in [-0.2, -0.15) is 0 Å². The standard InChI is InChI=1S/C21H28FN5O.HI/c1-3-28-15-17-8-6-16(7-9-17)13-25-21(23-2)26-18-10-12-27(14-18)20-19(22)5-4-11-24-20;/h4-9,11,18H,3,10,12-15H2,1-2H3,(H2,23,25,26);1H. The Morgan fingerprint density at radius 1 is 1.28 bits per heavy atom. The highest BCUT2D eigenvalue weighted by atomic mass is 127. The van der Waals surface area contributed by atoms with E-state index in [1.165, 1.54) is 17.2 Å². The molecular weight excluding hydrogens is 484 g/mol. The number of aliphatic imine (C=N–C) groups is 1. The Hall–Kier alpha value is -1.94. The minimum atomic E-state index is -0.279. The molecule has 158 valence electrons. The van der Waals surface area contributed by atoms with Crippen molar-refractivity contribution in [2.75, 3.05) is 31.6 Å². The Kier molecular flexibility index (Phi) is 9.59. The zero-order valence-corrected chi connectivity index (χ0v) is 19.2. The molecule has 1 aromatic carbocycles. The van der Waals surface area contributed by atoms with Crippen LogP contribution in [0.4, 0.5) is 10.2 Å². The van der Waals surface area contributed by atoms with Crippen molar-refractivity contribution < 1.29 is 9.13 Å². The van der Waals surface area contributed by atoms with Crippen molar-refractivity contribution in [1.29, 1.82) is 0 Å². The molecule has 6 nitrogen and oxygen atoms in total. The number of hydrogen-bond donors (Lipinski definition) is 2. The largest absolute Gasteiger partial charge is 0.377 e. The highest BCUT2D eigenvalue weighted by molar-refractivity contribution is 14.0. The second-order valence-corrected chi connectivity index (χ2v) is 6.76. The molecule has 0 saturated carbocycles. The van der Waals surface area contributed by atoms with E-state index < -0.39 is 0 Å². The molecular formula is C21H29FIN5O. The maximum Gasteiger partial charge on any atom is 0.191 e. The molecule has 1 unspecified atom stereocenters. The quantitative estimate of drug-likeness (QED) is 0.338. The van der Waals surface area contributed by atoms with Gasteiger partial charge in [-0.15, -0.1) is 24.0 Å². The second kappa shape index (κ2) is 11.9. The summed E-state index contributed by atoms with van der Waals surface area (Å²) in [5.74, 6) is 0.882. The molecule has 1 aromatic heterocycles. The van der Waals surface area contributed by atoms with E-state index in [0.29, 0.717) is 25.5 Å². The van der Waals surface area contributed by atoms with Gasteiger partial charge in [0, 0.05) is 45.5 Å². The molecule has 8 heteroatoms. The van der Waals surface area contributed by atoms with Crippen LogP contribution < -0.4 is 15.5 Å². The Morgan fingerprint density at radius 3 is 2.72 bits per heavy atom. The van der Waals surface area contributed by atoms with E-state index in [1.807, 2.05) is 11.8 Å². The Labute approximate surface area is 189 Å². The molecule has 0 radical (unpaired) electrons. The average Bonchev–Trinajstić information content (AvgIpc) is 3.19. The number of hydrogen-bond acceptors (Lipinski definition) is 4. The molecule has 1 aliphatic rings. The lowest BCUT2D eigenvalue weighted by Gasteiger charge is -2.20. The van der Waals surface area contributed by atoms with E-state index in [1.54, 1.807) is 19.3 Å². The molecule has 0 bridgehead atoms. The Balaban J connectivity index is 0.00000300. The molecule has 2 aromatic rings. The molecule has 0 aliphatic carbocycles. The van der Waals surface area contributed by atoms with Gasteiger partial charge in [-0.1, -0.05) is 24.3 Å². The van der Waals surface area contributed by atoms with Crippen LogP contribution in [-0.4, -0.2) is 43.7 Å². The minimum absolute atomic E-state index is 0. The van der Waals surface area contributed by atoms with Crippen molar-refractivity contribution in [2.45, 2.75) is 32.5 Å². The van der Waals surface area contributed by atoms with Crippen LogP contribution in [0.3, 0.4) is 0 Å². The van der Waals surface area contributed by atoms with E-state index in [2.05, 4.69) is 44.9 Å². The predicted octanol–water partition coefficient (Wildman–Crippen LogP) is 3.32. The molecule has 0 amide bonds. The van der Waals surface area contributed by atoms with Gasteiger partial charge in [-0.3, -0.25) is 4.99 Å². The molecule has 2 heterocycles. The Bertz CT molecular complexity index is 787. The Morgan fingerprint density at radius 2 is 2.03 bits per heavy atom. The number of benzene rings is 1. The molecule has 0 spiro atoms. The maximum absolute atomic E-state index is 13.9. The number of ether oxygens (including phenoxy) is 1. The first kappa shape index (κ1) is 23.3. The molecule has 1 saturated heterocycles. The topological polar surface area (TPSA) is 61.8 Å². The third-order valence-electron chi connectivity index (χ3n) is 4.75. The van der Waals surface area contributed by atoms with Crippen molar-refractivity contribution >= 4 is 35.8 Å². The summed E-state index contributed by atoms with van der Waals surface area (Å²) >= 11 is 0. The summed E-state index contributed by atoms with van der Waals surface area (Å²) in [6.45, 7) is 5.50. The monoisotopic (exact) mass is 513 g/mol. The lowest BCUT2D eigenvalue weighted by molar-refractivity contribution is 0.134. The number of pyridine rings is 1. The van der Waals surface area contributed by atoms with Crippen LogP contribution in [0.5, 0.6) is 0 Å². The second-order valence-electron chi connectivity index (χ2n) is 6.76. The highest BCUT2D eigenvalue weighted by Crippen LogP contribution is 2.20. The summed E-state index contributed by atoms with van der Waals surface area (Å²) in [4.78, 5) is 10.4. The van der Waals surface area contributed by atoms with Crippen molar-refractivity contribution in [3.63, 3.8) is 0 Å². The fraction of sp³-hybridized carbons (Fsp3) is 0.429. The summed E-state index contributed by atoms with van der Waals surface area (Å²) < 4.78 is 19.4. The zero-order valence-electron chi connectivity index (χ0n) is 16.9. The van der Waals surface area contributed by atoms with Crippen LogP contribution >= 0.6 is 24.0 Å². The number of nitrogens with one attached hydrogen (secondary N) is 2. The molecule has 1 aliphatic heterocycles. The van der Waals surface area contributed by atoms with Crippen molar-refractivity contribution in [3.05, 3.63) is 59.5 Å². The van der Waals surface area contributed by atoms with Gasteiger partial charge in [-0.05, 0) is 36.6 Å². The first-order chi connectivity index (χ1) is 13.7. The van der Waals surface area contributed by atoms with Gasteiger partial charge in [0.1, 0.15) is 0 Å². The van der Waals surface area contributed by atoms with Crippen LogP contribution in [0.15, 0.2) is 47.6 Å². The maximum atomic E-state index is 13.9. The van der Waals surface area contributed by atoms with E-state index in [-0.39, 0.29) is 35.8 Å². The van der Waals surface area contributed by atoms with Crippen LogP contribution in [0, 0.1) is 5.82 Å². The zero-order chi connectivity index (χ0) is 19.8. The first-order valence-corrected chi connectivity index (χ1v) is 9.67. The third-order valence-corrected chi connectivity index (χ3v) is 4.75. The van der Waals surface area contributed by atoms with Gasteiger partial charge < -0.3 is 20.3 Å². The SMILES string of the molecule is CCOCc1ccc(CNC(=NC)NC2CCN(c3ncccc3F)C2)cc1.I. The minimum Gasteiger partial charge on any atom is -0.377 e. The molecule has 29 heavy (non-hydrogen) atoms. The third kappa shape index (κ3) is 6.81. The number of halogens is 2. The van der Waals surface area contributed by atoms with Gasteiger partial charge in [0.2, 0.25) is 0 Å². The first-order valence-electron chi connectivity index (χ1n) is 9.67. The number of nitrogens with zero attached hydrogens (tertiary/aromatic N) is 3. The summed E-state index contributed by atoms with van der Waals surface area (Å²) in [6, 6.07) is 11.6. The molecule has 3 rings (SSSR count). The number of guanidine groups is 1. The molecule has 1 atom stereocenters. The van der Waals surface area contributed by atoms with Crippen LogP contribution in [0.1, 0.15) is 24.5 Å². The number of anilines is 1. The number of rotatable bonds is 7. The highest BCUT2D eigenvalue weighted by Gasteiger charge is 2.25. The van der Waals surface area contributed by atoms with Crippen molar-refractivity contribution in [1.82, 2.24) is 15.6 Å². The normalized spacial score (nSPS) is 16.4. The summed E-state index contributed by atoms with van der Waals surface area (Å²) in [6.07, 6.45) is 2.53. The van der Waals surface area contributed by atoms with Gasteiger partial charge in [-0.25, -0.2) is 9.37 Å². The fourth-order valence-corrected chi connectivity index (χ4v) is 3.23. The van der Waals surface area contributed by atoms with Crippen molar-refractivity contribution in [2.24, 2.45) is 4.99 Å². The van der Waals surface area contributed by atoms with Gasteiger partial charge in [0.05, 0.1) is 6.61 Å². The van der Waals surface area contributed by atoms with Crippen LogP contribution in [0.2, 0.25) is 0 Å². The summed E-state index contributed by atoms with van der Waals surface area (Å²) in [5.41, 5.74) is 2.34. The lowest BCUT2D eigenvalue weighted by Crippen LogP contribution is -2.44. The lowest BCUT2D eigenvalue weighted by atomic mass is 10.1. The summed E-state index contributed by atoms with van der Waals surface area (Å²) in [7, 11) is 1.76. The molecule has 2 N–H and O–H groups in total. The van der Waals surface area contributed by atoms with E-state index in [4.69, 9.17) is 4.74 Å². The van der Waals surface area contributed by atoms with Gasteiger partial charge in [0.15, 0.2) is 17.6 Å². The molecule has 1 fully saturated rings. The summed E-state index contributed by atoms with van der Waals surface area (Å²) in [5, 5.41) is 6.76. The van der Waals surface area contributed by atoms with E-state index in [9.17, 15) is 4.39 Å². The van der Waals surface area contributed by atoms with Crippen LogP contribution in [-0.2, 0) is 17.9 Å². The number of aromatic nitrogens is 1.